The molecule has 0 unspecified atom stereocenters. The first-order chi connectivity index (χ1) is 13.9. The highest BCUT2D eigenvalue weighted by Gasteiger charge is 2.17. The van der Waals surface area contributed by atoms with Crippen LogP contribution in [0, 0.1) is 6.92 Å². The summed E-state index contributed by atoms with van der Waals surface area (Å²) in [5, 5.41) is 3.05. The molecule has 0 saturated carbocycles. The molecule has 0 spiro atoms. The SMILES string of the molecule is Cc1ccc(SC(=O)/C(=C\c2ccc(Cl)cc2)NC(=O)c2ccccc2)c(S)c1. The number of amides is 1. The topological polar surface area (TPSA) is 46.2 Å². The van der Waals surface area contributed by atoms with Gasteiger partial charge in [0.15, 0.2) is 0 Å². The molecule has 0 aliphatic rings. The normalized spacial score (nSPS) is 11.2. The van der Waals surface area contributed by atoms with Crippen LogP contribution in [0.4, 0.5) is 0 Å². The predicted molar refractivity (Wildman–Crippen MR) is 123 cm³/mol. The molecule has 0 aliphatic carbocycles. The van der Waals surface area contributed by atoms with Gasteiger partial charge in [0.05, 0.1) is 5.70 Å². The van der Waals surface area contributed by atoms with Gasteiger partial charge in [0.1, 0.15) is 0 Å². The summed E-state index contributed by atoms with van der Waals surface area (Å²) in [4.78, 5) is 27.1. The maximum absolute atomic E-state index is 13.0. The fraction of sp³-hybridized carbons (Fsp3) is 0.0435. The average Bonchev–Trinajstić information content (AvgIpc) is 2.71. The Morgan fingerprint density at radius 3 is 2.34 bits per heavy atom. The summed E-state index contributed by atoms with van der Waals surface area (Å²) < 4.78 is 0. The lowest BCUT2D eigenvalue weighted by Gasteiger charge is -2.11. The standard InChI is InChI=1S/C23H18ClNO2S2/c1-15-7-12-21(20(28)13-15)29-23(27)19(14-16-8-10-18(24)11-9-16)25-22(26)17-5-3-2-4-6-17/h2-14,28H,1H3,(H,25,26)/b19-14+. The zero-order valence-electron chi connectivity index (χ0n) is 15.6. The second-order valence-electron chi connectivity index (χ2n) is 6.29. The molecule has 3 nitrogen and oxygen atoms in total. The first-order valence-corrected chi connectivity index (χ1v) is 10.4. The van der Waals surface area contributed by atoms with Crippen LogP contribution in [0.3, 0.4) is 0 Å². The lowest BCUT2D eigenvalue weighted by atomic mass is 10.2. The van der Waals surface area contributed by atoms with Crippen LogP contribution in [0.15, 0.2) is 88.3 Å². The van der Waals surface area contributed by atoms with E-state index in [0.717, 1.165) is 27.8 Å². The van der Waals surface area contributed by atoms with E-state index in [9.17, 15) is 9.59 Å². The van der Waals surface area contributed by atoms with Crippen LogP contribution in [-0.2, 0) is 4.79 Å². The third-order valence-corrected chi connectivity index (χ3v) is 5.76. The molecular formula is C23H18ClNO2S2. The van der Waals surface area contributed by atoms with Gasteiger partial charge in [-0.15, -0.1) is 12.6 Å². The van der Waals surface area contributed by atoms with E-state index in [0.29, 0.717) is 15.5 Å². The Morgan fingerprint density at radius 2 is 1.69 bits per heavy atom. The second-order valence-corrected chi connectivity index (χ2v) is 8.22. The number of halogens is 1. The van der Waals surface area contributed by atoms with Crippen LogP contribution in [-0.4, -0.2) is 11.0 Å². The van der Waals surface area contributed by atoms with Gasteiger partial charge in [0, 0.05) is 20.4 Å². The molecule has 0 saturated heterocycles. The monoisotopic (exact) mass is 439 g/mol. The van der Waals surface area contributed by atoms with E-state index >= 15 is 0 Å². The Labute approximate surface area is 184 Å². The number of thiol groups is 1. The number of carbonyl (C=O) groups excluding carboxylic acids is 2. The number of hydrogen-bond donors (Lipinski definition) is 2. The van der Waals surface area contributed by atoms with E-state index in [1.54, 1.807) is 54.6 Å². The summed E-state index contributed by atoms with van der Waals surface area (Å²) in [7, 11) is 0. The molecule has 3 rings (SSSR count). The van der Waals surface area contributed by atoms with Crippen molar-refractivity contribution in [3.05, 3.63) is 100 Å². The first kappa shape index (κ1) is 21.2. The smallest absolute Gasteiger partial charge is 0.255 e. The molecule has 0 radical (unpaired) electrons. The molecule has 0 bridgehead atoms. The highest BCUT2D eigenvalue weighted by molar-refractivity contribution is 8.14. The third-order valence-electron chi connectivity index (χ3n) is 4.00. The van der Waals surface area contributed by atoms with Crippen LogP contribution >= 0.6 is 36.0 Å². The highest BCUT2D eigenvalue weighted by Crippen LogP contribution is 2.29. The van der Waals surface area contributed by atoms with Crippen LogP contribution in [0.25, 0.3) is 6.08 Å². The van der Waals surface area contributed by atoms with Gasteiger partial charge < -0.3 is 5.32 Å². The van der Waals surface area contributed by atoms with E-state index < -0.39 is 0 Å². The molecule has 0 atom stereocenters. The van der Waals surface area contributed by atoms with Gasteiger partial charge in [-0.2, -0.15) is 0 Å². The number of aryl methyl sites for hydroxylation is 1. The maximum atomic E-state index is 13.0. The minimum Gasteiger partial charge on any atom is -0.318 e. The van der Waals surface area contributed by atoms with Crippen LogP contribution in [0.2, 0.25) is 5.02 Å². The number of benzene rings is 3. The maximum Gasteiger partial charge on any atom is 0.255 e. The van der Waals surface area contributed by atoms with Gasteiger partial charge in [-0.25, -0.2) is 0 Å². The molecule has 3 aromatic carbocycles. The van der Waals surface area contributed by atoms with Crippen molar-refractivity contribution < 1.29 is 9.59 Å². The van der Waals surface area contributed by atoms with Crippen molar-refractivity contribution in [2.45, 2.75) is 16.7 Å². The van der Waals surface area contributed by atoms with Gasteiger partial charge >= 0.3 is 0 Å². The summed E-state index contributed by atoms with van der Waals surface area (Å²) >= 11 is 11.4. The number of nitrogens with one attached hydrogen (secondary N) is 1. The Morgan fingerprint density at radius 1 is 1.00 bits per heavy atom. The van der Waals surface area contributed by atoms with E-state index in [4.69, 9.17) is 11.6 Å². The zero-order valence-corrected chi connectivity index (χ0v) is 18.0. The highest BCUT2D eigenvalue weighted by atomic mass is 35.5. The Hall–Kier alpha value is -2.47. The summed E-state index contributed by atoms with van der Waals surface area (Å²) in [5.41, 5.74) is 2.46. The summed E-state index contributed by atoms with van der Waals surface area (Å²) in [6.07, 6.45) is 1.64. The summed E-state index contributed by atoms with van der Waals surface area (Å²) in [6.45, 7) is 1.96. The van der Waals surface area contributed by atoms with Crippen LogP contribution in [0.5, 0.6) is 0 Å². The molecular weight excluding hydrogens is 422 g/mol. The van der Waals surface area contributed by atoms with Crippen molar-refractivity contribution in [3.63, 3.8) is 0 Å². The van der Waals surface area contributed by atoms with Crippen molar-refractivity contribution in [2.75, 3.05) is 0 Å². The molecule has 0 aliphatic heterocycles. The van der Waals surface area contributed by atoms with Crippen molar-refractivity contribution in [1.29, 1.82) is 0 Å². The predicted octanol–water partition coefficient (Wildman–Crippen LogP) is 6.03. The summed E-state index contributed by atoms with van der Waals surface area (Å²) in [5.74, 6) is -0.352. The minimum atomic E-state index is -0.352. The van der Waals surface area contributed by atoms with Crippen molar-refractivity contribution in [2.24, 2.45) is 0 Å². The van der Waals surface area contributed by atoms with E-state index in [2.05, 4.69) is 17.9 Å². The van der Waals surface area contributed by atoms with Gasteiger partial charge in [-0.3, -0.25) is 9.59 Å². The molecule has 1 N–H and O–H groups in total. The van der Waals surface area contributed by atoms with Gasteiger partial charge in [0.25, 0.3) is 5.91 Å². The van der Waals surface area contributed by atoms with E-state index in [-0.39, 0.29) is 16.7 Å². The lowest BCUT2D eigenvalue weighted by molar-refractivity contribution is -0.108. The molecule has 146 valence electrons. The molecule has 1 amide bonds. The number of rotatable bonds is 5. The van der Waals surface area contributed by atoms with Gasteiger partial charge in [-0.1, -0.05) is 48.0 Å². The summed E-state index contributed by atoms with van der Waals surface area (Å²) in [6, 6.07) is 21.4. The average molecular weight is 440 g/mol. The Balaban J connectivity index is 1.89. The molecule has 29 heavy (non-hydrogen) atoms. The second kappa shape index (κ2) is 9.83. The molecule has 3 aromatic rings. The Kier molecular flexibility index (Phi) is 7.20. The largest absolute Gasteiger partial charge is 0.318 e. The first-order valence-electron chi connectivity index (χ1n) is 8.78. The fourth-order valence-electron chi connectivity index (χ4n) is 2.52. The molecule has 0 heterocycles. The zero-order chi connectivity index (χ0) is 20.8. The molecule has 6 heteroatoms. The molecule has 0 aromatic heterocycles. The fourth-order valence-corrected chi connectivity index (χ4v) is 3.78. The van der Waals surface area contributed by atoms with Crippen molar-refractivity contribution >= 4 is 53.1 Å². The van der Waals surface area contributed by atoms with E-state index in [1.165, 1.54) is 0 Å². The number of carbonyl (C=O) groups is 2. The van der Waals surface area contributed by atoms with Crippen molar-refractivity contribution in [1.82, 2.24) is 5.32 Å². The van der Waals surface area contributed by atoms with Crippen LogP contribution < -0.4 is 5.32 Å². The quantitative estimate of drug-likeness (QED) is 0.290. The van der Waals surface area contributed by atoms with Gasteiger partial charge in [-0.05, 0) is 72.3 Å². The third kappa shape index (κ3) is 6.00. The van der Waals surface area contributed by atoms with Crippen molar-refractivity contribution in [3.8, 4) is 0 Å². The lowest BCUT2D eigenvalue weighted by Crippen LogP contribution is -2.26. The van der Waals surface area contributed by atoms with Crippen LogP contribution in [0.1, 0.15) is 21.5 Å². The Bertz CT molecular complexity index is 1060. The number of hydrogen-bond acceptors (Lipinski definition) is 4. The molecule has 0 fully saturated rings. The van der Waals surface area contributed by atoms with E-state index in [1.807, 2.05) is 31.2 Å². The minimum absolute atomic E-state index is 0.180. The van der Waals surface area contributed by atoms with Gasteiger partial charge in [0.2, 0.25) is 5.12 Å². The number of thioether (sulfide) groups is 1.